The van der Waals surface area contributed by atoms with Crippen molar-refractivity contribution in [2.75, 3.05) is 19.0 Å². The first-order chi connectivity index (χ1) is 8.60. The van der Waals surface area contributed by atoms with E-state index in [2.05, 4.69) is 20.7 Å². The lowest BCUT2D eigenvalue weighted by Crippen LogP contribution is -2.08. The summed E-state index contributed by atoms with van der Waals surface area (Å²) in [6.45, 7) is 1.94. The summed E-state index contributed by atoms with van der Waals surface area (Å²) in [6.07, 6.45) is 0.828. The number of carbonyl (C=O) groups excluding carboxylic acids is 2. The third-order valence-electron chi connectivity index (χ3n) is 2.33. The van der Waals surface area contributed by atoms with Crippen LogP contribution in [0.4, 0.5) is 0 Å². The number of halogens is 1. The number of ether oxygens (including phenoxy) is 2. The minimum Gasteiger partial charge on any atom is -0.493 e. The standard InChI is InChI=1S/C13H15BrO4/c1-9(15)10-4-5-12(18-7-3-6-14)11(8-10)13(16)17-2/h4-5,8H,3,6-7H2,1-2H3. The molecule has 5 heteroatoms. The molecule has 0 amide bonds. The number of carbonyl (C=O) groups is 2. The Labute approximate surface area is 114 Å². The van der Waals surface area contributed by atoms with E-state index in [0.29, 0.717) is 17.9 Å². The van der Waals surface area contributed by atoms with Gasteiger partial charge >= 0.3 is 5.97 Å². The molecule has 0 spiro atoms. The van der Waals surface area contributed by atoms with Crippen LogP contribution in [0.2, 0.25) is 0 Å². The topological polar surface area (TPSA) is 52.6 Å². The Balaban J connectivity index is 3.01. The summed E-state index contributed by atoms with van der Waals surface area (Å²) in [6, 6.07) is 4.76. The maximum Gasteiger partial charge on any atom is 0.341 e. The largest absolute Gasteiger partial charge is 0.493 e. The predicted molar refractivity (Wildman–Crippen MR) is 71.7 cm³/mol. The number of methoxy groups -OCH3 is 1. The van der Waals surface area contributed by atoms with Gasteiger partial charge in [-0.3, -0.25) is 4.79 Å². The predicted octanol–water partition coefficient (Wildman–Crippen LogP) is 2.84. The molecular weight excluding hydrogens is 300 g/mol. The Bertz CT molecular complexity index is 443. The van der Waals surface area contributed by atoms with Crippen molar-refractivity contribution in [2.45, 2.75) is 13.3 Å². The lowest BCUT2D eigenvalue weighted by molar-refractivity contribution is 0.0596. The minimum absolute atomic E-state index is 0.104. The van der Waals surface area contributed by atoms with Crippen molar-refractivity contribution in [3.63, 3.8) is 0 Å². The van der Waals surface area contributed by atoms with E-state index < -0.39 is 5.97 Å². The summed E-state index contributed by atoms with van der Waals surface area (Å²) in [7, 11) is 1.30. The van der Waals surface area contributed by atoms with Crippen molar-refractivity contribution in [1.82, 2.24) is 0 Å². The molecule has 0 bridgehead atoms. The number of benzene rings is 1. The molecule has 0 saturated carbocycles. The second kappa shape index (κ2) is 7.16. The molecule has 0 aliphatic rings. The van der Waals surface area contributed by atoms with Gasteiger partial charge in [-0.25, -0.2) is 4.79 Å². The molecule has 1 rings (SSSR count). The van der Waals surface area contributed by atoms with Crippen molar-refractivity contribution < 1.29 is 19.1 Å². The monoisotopic (exact) mass is 314 g/mol. The maximum absolute atomic E-state index is 11.6. The molecule has 0 aliphatic heterocycles. The van der Waals surface area contributed by atoms with Gasteiger partial charge in [-0.2, -0.15) is 0 Å². The highest BCUT2D eigenvalue weighted by molar-refractivity contribution is 9.09. The smallest absolute Gasteiger partial charge is 0.341 e. The highest BCUT2D eigenvalue weighted by atomic mass is 79.9. The summed E-state index contributed by atoms with van der Waals surface area (Å²) in [4.78, 5) is 22.9. The van der Waals surface area contributed by atoms with E-state index in [-0.39, 0.29) is 11.3 Å². The molecule has 0 N–H and O–H groups in total. The SMILES string of the molecule is COC(=O)c1cc(C(C)=O)ccc1OCCCBr. The van der Waals surface area contributed by atoms with Gasteiger partial charge in [0.25, 0.3) is 0 Å². The average Bonchev–Trinajstić information content (AvgIpc) is 2.38. The number of alkyl halides is 1. The summed E-state index contributed by atoms with van der Waals surface area (Å²) in [5, 5.41) is 0.825. The van der Waals surface area contributed by atoms with Gasteiger partial charge in [0.1, 0.15) is 11.3 Å². The minimum atomic E-state index is -0.507. The zero-order chi connectivity index (χ0) is 13.5. The van der Waals surface area contributed by atoms with Crippen LogP contribution in [0.25, 0.3) is 0 Å². The third-order valence-corrected chi connectivity index (χ3v) is 2.89. The van der Waals surface area contributed by atoms with Crippen LogP contribution in [-0.4, -0.2) is 30.8 Å². The van der Waals surface area contributed by atoms with Crippen molar-refractivity contribution in [1.29, 1.82) is 0 Å². The first kappa shape index (κ1) is 14.7. The molecule has 98 valence electrons. The molecule has 0 aromatic heterocycles. The molecule has 0 fully saturated rings. The van der Waals surface area contributed by atoms with Gasteiger partial charge in [0.15, 0.2) is 5.78 Å². The Morgan fingerprint density at radius 2 is 2.06 bits per heavy atom. The second-order valence-electron chi connectivity index (χ2n) is 3.65. The third kappa shape index (κ3) is 3.84. The summed E-state index contributed by atoms with van der Waals surface area (Å²) < 4.78 is 10.2. The zero-order valence-electron chi connectivity index (χ0n) is 10.4. The second-order valence-corrected chi connectivity index (χ2v) is 4.44. The Morgan fingerprint density at radius 3 is 2.61 bits per heavy atom. The number of Topliss-reactive ketones (excluding diaryl/α,β-unsaturated/α-hetero) is 1. The molecule has 0 saturated heterocycles. The highest BCUT2D eigenvalue weighted by Crippen LogP contribution is 2.21. The lowest BCUT2D eigenvalue weighted by atomic mass is 10.1. The van der Waals surface area contributed by atoms with Crippen molar-refractivity contribution >= 4 is 27.7 Å². The molecule has 4 nitrogen and oxygen atoms in total. The normalized spacial score (nSPS) is 9.94. The molecule has 1 aromatic rings. The van der Waals surface area contributed by atoms with Crippen LogP contribution < -0.4 is 4.74 Å². The van der Waals surface area contributed by atoms with Crippen LogP contribution in [0.15, 0.2) is 18.2 Å². The van der Waals surface area contributed by atoms with Gasteiger partial charge in [-0.05, 0) is 31.5 Å². The first-order valence-electron chi connectivity index (χ1n) is 5.52. The molecule has 0 aliphatic carbocycles. The Morgan fingerprint density at radius 1 is 1.33 bits per heavy atom. The van der Waals surface area contributed by atoms with E-state index >= 15 is 0 Å². The van der Waals surface area contributed by atoms with Crippen molar-refractivity contribution in [3.05, 3.63) is 29.3 Å². The molecule has 0 unspecified atom stereocenters. The van der Waals surface area contributed by atoms with E-state index in [1.165, 1.54) is 20.1 Å². The maximum atomic E-state index is 11.6. The molecule has 18 heavy (non-hydrogen) atoms. The van der Waals surface area contributed by atoms with Gasteiger partial charge < -0.3 is 9.47 Å². The van der Waals surface area contributed by atoms with Crippen LogP contribution in [0.1, 0.15) is 34.1 Å². The van der Waals surface area contributed by atoms with E-state index in [9.17, 15) is 9.59 Å². The van der Waals surface area contributed by atoms with Crippen LogP contribution in [0, 0.1) is 0 Å². The van der Waals surface area contributed by atoms with Gasteiger partial charge in [0.05, 0.1) is 13.7 Å². The molecule has 0 atom stereocenters. The van der Waals surface area contributed by atoms with Crippen LogP contribution in [0.3, 0.4) is 0 Å². The fourth-order valence-electron chi connectivity index (χ4n) is 1.38. The van der Waals surface area contributed by atoms with Crippen molar-refractivity contribution in [3.8, 4) is 5.75 Å². The molecule has 1 aromatic carbocycles. The van der Waals surface area contributed by atoms with E-state index in [1.807, 2.05) is 0 Å². The Hall–Kier alpha value is -1.36. The molecule has 0 radical (unpaired) electrons. The van der Waals surface area contributed by atoms with Crippen LogP contribution in [-0.2, 0) is 4.74 Å². The van der Waals surface area contributed by atoms with Crippen LogP contribution >= 0.6 is 15.9 Å². The number of esters is 1. The molecular formula is C13H15BrO4. The number of hydrogen-bond donors (Lipinski definition) is 0. The molecule has 0 heterocycles. The van der Waals surface area contributed by atoms with E-state index in [4.69, 9.17) is 4.74 Å². The fraction of sp³-hybridized carbons (Fsp3) is 0.385. The van der Waals surface area contributed by atoms with Gasteiger partial charge in [-0.1, -0.05) is 15.9 Å². The lowest BCUT2D eigenvalue weighted by Gasteiger charge is -2.10. The summed E-state index contributed by atoms with van der Waals surface area (Å²) >= 11 is 3.30. The number of hydrogen-bond acceptors (Lipinski definition) is 4. The summed E-state index contributed by atoms with van der Waals surface area (Å²) in [5.41, 5.74) is 0.739. The van der Waals surface area contributed by atoms with Gasteiger partial charge in [0.2, 0.25) is 0 Å². The number of rotatable bonds is 6. The number of ketones is 1. The van der Waals surface area contributed by atoms with E-state index in [1.54, 1.807) is 12.1 Å². The first-order valence-corrected chi connectivity index (χ1v) is 6.64. The van der Waals surface area contributed by atoms with E-state index in [0.717, 1.165) is 11.8 Å². The fourth-order valence-corrected chi connectivity index (χ4v) is 1.61. The quantitative estimate of drug-likeness (QED) is 0.351. The Kier molecular flexibility index (Phi) is 5.85. The van der Waals surface area contributed by atoms with Gasteiger partial charge in [0, 0.05) is 10.9 Å². The average molecular weight is 315 g/mol. The van der Waals surface area contributed by atoms with Crippen LogP contribution in [0.5, 0.6) is 5.75 Å². The van der Waals surface area contributed by atoms with Gasteiger partial charge in [-0.15, -0.1) is 0 Å². The zero-order valence-corrected chi connectivity index (χ0v) is 12.0. The highest BCUT2D eigenvalue weighted by Gasteiger charge is 2.15. The van der Waals surface area contributed by atoms with Crippen molar-refractivity contribution in [2.24, 2.45) is 0 Å². The summed E-state index contributed by atoms with van der Waals surface area (Å²) in [5.74, 6) is -0.174.